The Morgan fingerprint density at radius 2 is 2.00 bits per heavy atom. The topological polar surface area (TPSA) is 104 Å². The normalized spacial score (nSPS) is 13.5. The van der Waals surface area contributed by atoms with Gasteiger partial charge in [0.1, 0.15) is 5.82 Å². The maximum Gasteiger partial charge on any atom is 0.321 e. The van der Waals surface area contributed by atoms with Gasteiger partial charge in [-0.15, -0.1) is 0 Å². The van der Waals surface area contributed by atoms with Gasteiger partial charge in [-0.3, -0.25) is 24.9 Å². The van der Waals surface area contributed by atoms with Crippen molar-refractivity contribution in [2.45, 2.75) is 12.6 Å². The maximum absolute atomic E-state index is 13.5. The zero-order valence-electron chi connectivity index (χ0n) is 16.3. The first-order valence-electron chi connectivity index (χ1n) is 9.50. The molecule has 0 saturated heterocycles. The largest absolute Gasteiger partial charge is 0.332 e. The Morgan fingerprint density at radius 3 is 2.71 bits per heavy atom. The molecule has 0 spiro atoms. The summed E-state index contributed by atoms with van der Waals surface area (Å²) in [7, 11) is 0. The van der Waals surface area contributed by atoms with Gasteiger partial charge in [-0.1, -0.05) is 30.3 Å². The highest BCUT2D eigenvalue weighted by Crippen LogP contribution is 2.27. The molecule has 156 valence electrons. The Kier molecular flexibility index (Phi) is 5.65. The molecule has 1 aliphatic rings. The Morgan fingerprint density at radius 1 is 1.19 bits per heavy atom. The van der Waals surface area contributed by atoms with Crippen LogP contribution in [0.5, 0.6) is 0 Å². The lowest BCUT2D eigenvalue weighted by molar-refractivity contribution is -0.108. The lowest BCUT2D eigenvalue weighted by Crippen LogP contribution is -2.42. The lowest BCUT2D eigenvalue weighted by Gasteiger charge is -2.25. The molecule has 2 N–H and O–H groups in total. The van der Waals surface area contributed by atoms with Gasteiger partial charge >= 0.3 is 6.03 Å². The second-order valence-corrected chi connectivity index (χ2v) is 6.99. The molecule has 3 aromatic rings. The zero-order valence-corrected chi connectivity index (χ0v) is 16.3. The fourth-order valence-electron chi connectivity index (χ4n) is 3.52. The summed E-state index contributed by atoms with van der Waals surface area (Å²) in [5.74, 6) is -0.790. The summed E-state index contributed by atoms with van der Waals surface area (Å²) in [5.41, 5.74) is 3.30. The summed E-state index contributed by atoms with van der Waals surface area (Å²) < 4.78 is 13.5. The predicted octanol–water partition coefficient (Wildman–Crippen LogP) is 2.44. The second kappa shape index (κ2) is 8.70. The van der Waals surface area contributed by atoms with Crippen molar-refractivity contribution >= 4 is 18.3 Å². The maximum atomic E-state index is 13.5. The summed E-state index contributed by atoms with van der Waals surface area (Å²) in [6.45, 7) is 0.450. The van der Waals surface area contributed by atoms with Crippen LogP contribution in [0.3, 0.4) is 0 Å². The van der Waals surface area contributed by atoms with Crippen LogP contribution in [-0.4, -0.2) is 39.8 Å². The molecule has 0 radical (unpaired) electrons. The number of imide groups is 1. The third kappa shape index (κ3) is 4.40. The van der Waals surface area contributed by atoms with Gasteiger partial charge in [0.25, 0.3) is 5.91 Å². The highest BCUT2D eigenvalue weighted by molar-refractivity contribution is 5.98. The fourth-order valence-corrected chi connectivity index (χ4v) is 3.52. The van der Waals surface area contributed by atoms with E-state index in [0.717, 1.165) is 16.7 Å². The van der Waals surface area contributed by atoms with Crippen LogP contribution < -0.4 is 10.6 Å². The fraction of sp³-hybridized carbons (Fsp3) is 0.136. The first kappa shape index (κ1) is 20.1. The molecule has 2 heterocycles. The third-order valence-electron chi connectivity index (χ3n) is 5.02. The molecule has 9 heteroatoms. The summed E-state index contributed by atoms with van der Waals surface area (Å²) in [5, 5.41) is 4.74. The number of nitrogens with one attached hydrogen (secondary N) is 2. The number of hydrogen-bond acceptors (Lipinski definition) is 5. The number of rotatable bonds is 6. The molecular formula is C22H18FN5O3. The number of hydrogen-bond donors (Lipinski definition) is 2. The van der Waals surface area contributed by atoms with E-state index in [-0.39, 0.29) is 18.9 Å². The molecule has 1 aromatic heterocycles. The Labute approximate surface area is 177 Å². The standard InChI is InChI=1S/C22H18FN5O3/c23-17-6-5-16-11-28(21(30)18(16)9-17)12-20(27-22(31)26-13-29)15-3-1-14(2-4-15)19-10-24-7-8-25-19/h1-10,13,20H,11-12H2,(H2,26,27,29,31)/t20-/m0/s1. The van der Waals surface area contributed by atoms with Crippen LogP contribution in [0, 0.1) is 5.82 Å². The van der Waals surface area contributed by atoms with Gasteiger partial charge in [0.2, 0.25) is 6.41 Å². The third-order valence-corrected chi connectivity index (χ3v) is 5.02. The minimum Gasteiger partial charge on any atom is -0.332 e. The van der Waals surface area contributed by atoms with E-state index >= 15 is 0 Å². The van der Waals surface area contributed by atoms with Gasteiger partial charge in [-0.25, -0.2) is 9.18 Å². The van der Waals surface area contributed by atoms with E-state index in [0.29, 0.717) is 17.8 Å². The van der Waals surface area contributed by atoms with Gasteiger partial charge < -0.3 is 10.2 Å². The Balaban J connectivity index is 1.57. The molecule has 0 bridgehead atoms. The van der Waals surface area contributed by atoms with E-state index < -0.39 is 17.9 Å². The van der Waals surface area contributed by atoms with Crippen molar-refractivity contribution in [2.24, 2.45) is 0 Å². The Hall–Kier alpha value is -4.14. The van der Waals surface area contributed by atoms with Crippen LogP contribution in [-0.2, 0) is 11.3 Å². The Bertz CT molecular complexity index is 1120. The monoisotopic (exact) mass is 419 g/mol. The zero-order chi connectivity index (χ0) is 21.8. The van der Waals surface area contributed by atoms with Crippen LogP contribution >= 0.6 is 0 Å². The quantitative estimate of drug-likeness (QED) is 0.597. The summed E-state index contributed by atoms with van der Waals surface area (Å²) in [6, 6.07) is 10.1. The summed E-state index contributed by atoms with van der Waals surface area (Å²) in [6.07, 6.45) is 5.10. The highest BCUT2D eigenvalue weighted by atomic mass is 19.1. The van der Waals surface area contributed by atoms with Crippen LogP contribution in [0.4, 0.5) is 9.18 Å². The van der Waals surface area contributed by atoms with E-state index in [1.807, 2.05) is 29.6 Å². The smallest absolute Gasteiger partial charge is 0.321 e. The SMILES string of the molecule is O=CNC(=O)N[C@@H](CN1Cc2ccc(F)cc2C1=O)c1ccc(-c2cnccn2)cc1. The molecule has 8 nitrogen and oxygen atoms in total. The minimum absolute atomic E-state index is 0.145. The van der Waals surface area contributed by atoms with Crippen molar-refractivity contribution < 1.29 is 18.8 Å². The van der Waals surface area contributed by atoms with Gasteiger partial charge in [-0.2, -0.15) is 0 Å². The van der Waals surface area contributed by atoms with E-state index in [9.17, 15) is 18.8 Å². The van der Waals surface area contributed by atoms with Crippen molar-refractivity contribution in [3.05, 3.63) is 83.6 Å². The van der Waals surface area contributed by atoms with E-state index in [1.54, 1.807) is 24.7 Å². The number of nitrogens with zero attached hydrogens (tertiary/aromatic N) is 3. The molecule has 4 amide bonds. The van der Waals surface area contributed by atoms with Gasteiger partial charge in [0.05, 0.1) is 17.9 Å². The number of fused-ring (bicyclic) bond motifs is 1. The van der Waals surface area contributed by atoms with Crippen molar-refractivity contribution in [3.63, 3.8) is 0 Å². The number of halogens is 1. The molecule has 31 heavy (non-hydrogen) atoms. The molecule has 4 rings (SSSR count). The second-order valence-electron chi connectivity index (χ2n) is 6.99. The number of amides is 4. The average molecular weight is 419 g/mol. The first-order chi connectivity index (χ1) is 15.0. The molecule has 1 atom stereocenters. The number of aromatic nitrogens is 2. The molecule has 0 fully saturated rings. The molecule has 2 aromatic carbocycles. The van der Waals surface area contributed by atoms with Crippen LogP contribution in [0.1, 0.15) is 27.5 Å². The molecule has 0 unspecified atom stereocenters. The molecular weight excluding hydrogens is 401 g/mol. The summed E-state index contributed by atoms with van der Waals surface area (Å²) >= 11 is 0. The van der Waals surface area contributed by atoms with Crippen LogP contribution in [0.15, 0.2) is 61.1 Å². The van der Waals surface area contributed by atoms with Crippen molar-refractivity contribution in [1.29, 1.82) is 0 Å². The van der Waals surface area contributed by atoms with Crippen LogP contribution in [0.25, 0.3) is 11.3 Å². The van der Waals surface area contributed by atoms with Gasteiger partial charge in [0.15, 0.2) is 0 Å². The molecule has 1 aliphatic heterocycles. The molecule has 0 saturated carbocycles. The minimum atomic E-state index is -0.687. The van der Waals surface area contributed by atoms with Crippen molar-refractivity contribution in [2.75, 3.05) is 6.54 Å². The van der Waals surface area contributed by atoms with E-state index in [1.165, 1.54) is 17.0 Å². The number of benzene rings is 2. The van der Waals surface area contributed by atoms with Crippen molar-refractivity contribution in [3.8, 4) is 11.3 Å². The van der Waals surface area contributed by atoms with Gasteiger partial charge in [0, 0.05) is 36.6 Å². The van der Waals surface area contributed by atoms with E-state index in [4.69, 9.17) is 0 Å². The van der Waals surface area contributed by atoms with Gasteiger partial charge in [-0.05, 0) is 23.3 Å². The lowest BCUT2D eigenvalue weighted by atomic mass is 10.0. The highest BCUT2D eigenvalue weighted by Gasteiger charge is 2.30. The predicted molar refractivity (Wildman–Crippen MR) is 109 cm³/mol. The average Bonchev–Trinajstić information content (AvgIpc) is 3.09. The first-order valence-corrected chi connectivity index (χ1v) is 9.50. The van der Waals surface area contributed by atoms with E-state index in [2.05, 4.69) is 15.3 Å². The van der Waals surface area contributed by atoms with Crippen LogP contribution in [0.2, 0.25) is 0 Å². The number of urea groups is 1. The number of carbonyl (C=O) groups excluding carboxylic acids is 3. The number of carbonyl (C=O) groups is 3. The van der Waals surface area contributed by atoms with Crippen molar-refractivity contribution in [1.82, 2.24) is 25.5 Å². The summed E-state index contributed by atoms with van der Waals surface area (Å²) in [4.78, 5) is 45.2. The molecule has 0 aliphatic carbocycles.